The number of rotatable bonds is 3. The Labute approximate surface area is 116 Å². The SMILES string of the molecule is CC1OCCC1NC(=O)c1cc(Br)cn1C(C)C. The molecule has 0 aromatic carbocycles. The van der Waals surface area contributed by atoms with E-state index in [9.17, 15) is 4.79 Å². The topological polar surface area (TPSA) is 43.3 Å². The number of carbonyl (C=O) groups is 1. The zero-order chi connectivity index (χ0) is 13.3. The highest BCUT2D eigenvalue weighted by atomic mass is 79.9. The number of ether oxygens (including phenoxy) is 1. The fourth-order valence-corrected chi connectivity index (χ4v) is 2.66. The van der Waals surface area contributed by atoms with Crippen molar-refractivity contribution < 1.29 is 9.53 Å². The predicted octanol–water partition coefficient (Wildman–Crippen LogP) is 2.74. The van der Waals surface area contributed by atoms with Crippen molar-refractivity contribution in [1.29, 1.82) is 0 Å². The van der Waals surface area contributed by atoms with Gasteiger partial charge in [0.15, 0.2) is 0 Å². The molecule has 1 aliphatic rings. The minimum Gasteiger partial charge on any atom is -0.376 e. The fourth-order valence-electron chi connectivity index (χ4n) is 2.22. The molecule has 0 radical (unpaired) electrons. The average molecular weight is 315 g/mol. The van der Waals surface area contributed by atoms with Gasteiger partial charge in [-0.15, -0.1) is 0 Å². The fraction of sp³-hybridized carbons (Fsp3) is 0.615. The van der Waals surface area contributed by atoms with Gasteiger partial charge in [-0.05, 0) is 49.2 Å². The Hall–Kier alpha value is -0.810. The summed E-state index contributed by atoms with van der Waals surface area (Å²) in [6.07, 6.45) is 2.92. The van der Waals surface area contributed by atoms with Gasteiger partial charge >= 0.3 is 0 Å². The molecular formula is C13H19BrN2O2. The van der Waals surface area contributed by atoms with Gasteiger partial charge in [0, 0.05) is 23.3 Å². The minimum atomic E-state index is -0.0308. The highest BCUT2D eigenvalue weighted by Gasteiger charge is 2.27. The van der Waals surface area contributed by atoms with Crippen molar-refractivity contribution in [2.45, 2.75) is 45.4 Å². The molecule has 2 unspecified atom stereocenters. The van der Waals surface area contributed by atoms with Crippen LogP contribution in [0.1, 0.15) is 43.7 Å². The van der Waals surface area contributed by atoms with E-state index in [1.54, 1.807) is 0 Å². The molecule has 0 spiro atoms. The summed E-state index contributed by atoms with van der Waals surface area (Å²) in [5.74, 6) is -0.0308. The molecule has 2 atom stereocenters. The van der Waals surface area contributed by atoms with Crippen LogP contribution in [-0.2, 0) is 4.74 Å². The van der Waals surface area contributed by atoms with Gasteiger partial charge in [0.2, 0.25) is 0 Å². The van der Waals surface area contributed by atoms with Crippen molar-refractivity contribution in [2.24, 2.45) is 0 Å². The van der Waals surface area contributed by atoms with Crippen LogP contribution in [0.5, 0.6) is 0 Å². The summed E-state index contributed by atoms with van der Waals surface area (Å²) in [4.78, 5) is 12.3. The molecule has 2 heterocycles. The predicted molar refractivity (Wildman–Crippen MR) is 73.8 cm³/mol. The van der Waals surface area contributed by atoms with Crippen LogP contribution in [0.25, 0.3) is 0 Å². The molecular weight excluding hydrogens is 296 g/mol. The Morgan fingerprint density at radius 2 is 2.33 bits per heavy atom. The molecule has 0 bridgehead atoms. The van der Waals surface area contributed by atoms with Gasteiger partial charge in [0.25, 0.3) is 5.91 Å². The molecule has 0 saturated carbocycles. The van der Waals surface area contributed by atoms with E-state index in [0.29, 0.717) is 5.69 Å². The Morgan fingerprint density at radius 1 is 1.61 bits per heavy atom. The third-order valence-electron chi connectivity index (χ3n) is 3.30. The van der Waals surface area contributed by atoms with Crippen molar-refractivity contribution in [3.05, 3.63) is 22.4 Å². The number of halogens is 1. The summed E-state index contributed by atoms with van der Waals surface area (Å²) < 4.78 is 8.35. The summed E-state index contributed by atoms with van der Waals surface area (Å²) >= 11 is 3.42. The van der Waals surface area contributed by atoms with Crippen LogP contribution in [0.4, 0.5) is 0 Å². The van der Waals surface area contributed by atoms with Crippen LogP contribution in [0.15, 0.2) is 16.7 Å². The first-order valence-electron chi connectivity index (χ1n) is 6.29. The lowest BCUT2D eigenvalue weighted by Gasteiger charge is -2.18. The maximum absolute atomic E-state index is 12.3. The van der Waals surface area contributed by atoms with Crippen LogP contribution >= 0.6 is 15.9 Å². The molecule has 1 N–H and O–H groups in total. The van der Waals surface area contributed by atoms with Crippen molar-refractivity contribution in [3.63, 3.8) is 0 Å². The van der Waals surface area contributed by atoms with Crippen LogP contribution in [0.3, 0.4) is 0 Å². The largest absolute Gasteiger partial charge is 0.376 e. The summed E-state index contributed by atoms with van der Waals surface area (Å²) in [5.41, 5.74) is 0.691. The second-order valence-electron chi connectivity index (χ2n) is 4.99. The molecule has 100 valence electrons. The van der Waals surface area contributed by atoms with E-state index in [2.05, 4.69) is 35.1 Å². The molecule has 1 aromatic heterocycles. The van der Waals surface area contributed by atoms with Gasteiger partial charge in [-0.2, -0.15) is 0 Å². The molecule has 1 aromatic rings. The summed E-state index contributed by atoms with van der Waals surface area (Å²) in [6, 6.07) is 2.23. The second kappa shape index (κ2) is 5.45. The summed E-state index contributed by atoms with van der Waals surface area (Å²) in [7, 11) is 0. The smallest absolute Gasteiger partial charge is 0.268 e. The van der Waals surface area contributed by atoms with E-state index in [1.807, 2.05) is 23.8 Å². The van der Waals surface area contributed by atoms with Crippen molar-refractivity contribution in [3.8, 4) is 0 Å². The van der Waals surface area contributed by atoms with Crippen LogP contribution in [0, 0.1) is 0 Å². The Morgan fingerprint density at radius 3 is 2.89 bits per heavy atom. The number of aromatic nitrogens is 1. The van der Waals surface area contributed by atoms with Gasteiger partial charge in [-0.1, -0.05) is 0 Å². The molecule has 1 saturated heterocycles. The number of hydrogen-bond acceptors (Lipinski definition) is 2. The highest BCUT2D eigenvalue weighted by molar-refractivity contribution is 9.10. The molecule has 1 aliphatic heterocycles. The third kappa shape index (κ3) is 2.78. The van der Waals surface area contributed by atoms with E-state index < -0.39 is 0 Å². The average Bonchev–Trinajstić information content (AvgIpc) is 2.86. The lowest BCUT2D eigenvalue weighted by molar-refractivity contribution is 0.0857. The van der Waals surface area contributed by atoms with E-state index >= 15 is 0 Å². The normalized spacial score (nSPS) is 23.6. The van der Waals surface area contributed by atoms with Crippen molar-refractivity contribution in [2.75, 3.05) is 6.61 Å². The van der Waals surface area contributed by atoms with Gasteiger partial charge < -0.3 is 14.6 Å². The third-order valence-corrected chi connectivity index (χ3v) is 3.73. The summed E-state index contributed by atoms with van der Waals surface area (Å²) in [6.45, 7) is 6.84. The van der Waals surface area contributed by atoms with Gasteiger partial charge in [-0.25, -0.2) is 0 Å². The number of amides is 1. The minimum absolute atomic E-state index is 0.0308. The van der Waals surface area contributed by atoms with Crippen molar-refractivity contribution >= 4 is 21.8 Å². The standard InChI is InChI=1S/C13H19BrN2O2/c1-8(2)16-7-10(14)6-12(16)13(17)15-11-4-5-18-9(11)3/h6-9,11H,4-5H2,1-3H3,(H,15,17). The number of carbonyl (C=O) groups excluding carboxylic acids is 1. The molecule has 2 rings (SSSR count). The Bertz CT molecular complexity index is 442. The maximum atomic E-state index is 12.3. The molecule has 1 amide bonds. The monoisotopic (exact) mass is 314 g/mol. The summed E-state index contributed by atoms with van der Waals surface area (Å²) in [5, 5.41) is 3.05. The zero-order valence-electron chi connectivity index (χ0n) is 10.9. The van der Waals surface area contributed by atoms with E-state index in [1.165, 1.54) is 0 Å². The van der Waals surface area contributed by atoms with Gasteiger partial charge in [0.1, 0.15) is 5.69 Å². The van der Waals surface area contributed by atoms with Crippen LogP contribution in [0.2, 0.25) is 0 Å². The zero-order valence-corrected chi connectivity index (χ0v) is 12.5. The van der Waals surface area contributed by atoms with Gasteiger partial charge in [0.05, 0.1) is 12.1 Å². The highest BCUT2D eigenvalue weighted by Crippen LogP contribution is 2.20. The first-order valence-corrected chi connectivity index (χ1v) is 7.08. The van der Waals surface area contributed by atoms with Gasteiger partial charge in [-0.3, -0.25) is 4.79 Å². The molecule has 18 heavy (non-hydrogen) atoms. The molecule has 5 heteroatoms. The molecule has 4 nitrogen and oxygen atoms in total. The van der Waals surface area contributed by atoms with Crippen LogP contribution in [-0.4, -0.2) is 29.2 Å². The maximum Gasteiger partial charge on any atom is 0.268 e. The molecule has 1 fully saturated rings. The first kappa shape index (κ1) is 13.6. The quantitative estimate of drug-likeness (QED) is 0.932. The second-order valence-corrected chi connectivity index (χ2v) is 5.90. The van der Waals surface area contributed by atoms with E-state index in [0.717, 1.165) is 17.5 Å². The lowest BCUT2D eigenvalue weighted by atomic mass is 10.1. The first-order chi connectivity index (χ1) is 8.49. The van der Waals surface area contributed by atoms with Crippen LogP contribution < -0.4 is 5.32 Å². The Balaban J connectivity index is 2.13. The molecule has 0 aliphatic carbocycles. The number of nitrogens with zero attached hydrogens (tertiary/aromatic N) is 1. The van der Waals surface area contributed by atoms with E-state index in [-0.39, 0.29) is 24.1 Å². The van der Waals surface area contributed by atoms with E-state index in [4.69, 9.17) is 4.74 Å². The lowest BCUT2D eigenvalue weighted by Crippen LogP contribution is -2.40. The number of nitrogens with one attached hydrogen (secondary N) is 1. The van der Waals surface area contributed by atoms with Crippen molar-refractivity contribution in [1.82, 2.24) is 9.88 Å². The number of hydrogen-bond donors (Lipinski definition) is 1. The Kier molecular flexibility index (Phi) is 4.12.